The van der Waals surface area contributed by atoms with Crippen molar-refractivity contribution in [1.29, 1.82) is 0 Å². The van der Waals surface area contributed by atoms with E-state index in [1.165, 1.54) is 5.56 Å². The molecule has 8 rings (SSSR count). The summed E-state index contributed by atoms with van der Waals surface area (Å²) in [5.41, 5.74) is 4.58. The summed E-state index contributed by atoms with van der Waals surface area (Å²) in [6.07, 6.45) is 2.19. The number of fused-ring (bicyclic) bond motifs is 6. The third-order valence-electron chi connectivity index (χ3n) is 10.6. The minimum absolute atomic E-state index is 0.0807. The molecule has 11 nitrogen and oxygen atoms in total. The molecule has 2 fully saturated rings. The average Bonchev–Trinajstić information content (AvgIpc) is 3.47. The van der Waals surface area contributed by atoms with E-state index in [4.69, 9.17) is 11.6 Å². The van der Waals surface area contributed by atoms with Crippen LogP contribution in [0.25, 0.3) is 16.6 Å². The van der Waals surface area contributed by atoms with Crippen molar-refractivity contribution in [3.05, 3.63) is 98.1 Å². The Morgan fingerprint density at radius 2 is 1.73 bits per heavy atom. The lowest BCUT2D eigenvalue weighted by Crippen LogP contribution is -2.54. The first kappa shape index (κ1) is 31.4. The molecule has 1 unspecified atom stereocenters. The molecule has 0 aliphatic carbocycles. The Morgan fingerprint density at radius 3 is 2.51 bits per heavy atom. The molecule has 250 valence electrons. The summed E-state index contributed by atoms with van der Waals surface area (Å²) in [6, 6.07) is 16.3. The van der Waals surface area contributed by atoms with E-state index in [9.17, 15) is 24.0 Å². The maximum atomic E-state index is 13.4. The first-order valence-electron chi connectivity index (χ1n) is 16.7. The molecule has 0 spiro atoms. The van der Waals surface area contributed by atoms with Crippen LogP contribution in [0, 0.1) is 0 Å². The molecule has 4 aliphatic rings. The molecule has 0 bridgehead atoms. The number of nitrogens with one attached hydrogen (secondary N) is 2. The van der Waals surface area contributed by atoms with E-state index < -0.39 is 35.1 Å². The lowest BCUT2D eigenvalue weighted by molar-refractivity contribution is -0.136. The molecule has 0 saturated carbocycles. The summed E-state index contributed by atoms with van der Waals surface area (Å²) in [4.78, 5) is 71.6. The summed E-state index contributed by atoms with van der Waals surface area (Å²) < 4.78 is 2.08. The Hall–Kier alpha value is -4.87. The van der Waals surface area contributed by atoms with Crippen LogP contribution < -0.4 is 16.2 Å². The summed E-state index contributed by atoms with van der Waals surface area (Å²) in [5.74, 6) is -0.929. The van der Waals surface area contributed by atoms with E-state index in [-0.39, 0.29) is 29.5 Å². The van der Waals surface area contributed by atoms with Crippen molar-refractivity contribution in [3.63, 3.8) is 0 Å². The van der Waals surface area contributed by atoms with Crippen molar-refractivity contribution in [2.45, 2.75) is 56.9 Å². The van der Waals surface area contributed by atoms with E-state index in [1.54, 1.807) is 24.3 Å². The first-order chi connectivity index (χ1) is 23.5. The molecule has 1 atom stereocenters. The Labute approximate surface area is 287 Å². The second-order valence-electron chi connectivity index (χ2n) is 13.8. The van der Waals surface area contributed by atoms with Gasteiger partial charge in [-0.05, 0) is 93.6 Å². The molecule has 0 radical (unpaired) electrons. The van der Waals surface area contributed by atoms with Gasteiger partial charge in [-0.25, -0.2) is 0 Å². The SMILES string of the molecule is CC1(C)c2cc(C3CCN(CCNc4cccc5c4C(=O)N(C4CCC(=O)NC4=O)C5=O)CC3)ccc2-n2c1nc(=O)c1c(Cl)cccc12. The number of imide groups is 2. The number of halogens is 1. The number of nitrogens with zero attached hydrogens (tertiary/aromatic N) is 4. The topological polar surface area (TPSA) is 134 Å². The minimum atomic E-state index is -0.994. The van der Waals surface area contributed by atoms with Gasteiger partial charge in [-0.15, -0.1) is 0 Å². The summed E-state index contributed by atoms with van der Waals surface area (Å²) in [7, 11) is 0. The molecular weight excluding hydrogens is 644 g/mol. The van der Waals surface area contributed by atoms with Crippen LogP contribution in [0.3, 0.4) is 0 Å². The molecule has 5 heterocycles. The Morgan fingerprint density at radius 1 is 0.959 bits per heavy atom. The van der Waals surface area contributed by atoms with Crippen molar-refractivity contribution in [2.75, 3.05) is 31.5 Å². The van der Waals surface area contributed by atoms with Gasteiger partial charge in [0.1, 0.15) is 11.9 Å². The zero-order valence-corrected chi connectivity index (χ0v) is 28.0. The fourth-order valence-electron chi connectivity index (χ4n) is 8.01. The number of anilines is 1. The number of piperidine rings is 2. The number of benzene rings is 3. The molecule has 12 heteroatoms. The number of carbonyl (C=O) groups excluding carboxylic acids is 4. The Balaban J connectivity index is 0.925. The fraction of sp³-hybridized carbons (Fsp3) is 0.351. The number of carbonyl (C=O) groups is 4. The quantitative estimate of drug-likeness (QED) is 0.287. The summed E-state index contributed by atoms with van der Waals surface area (Å²) in [5, 5.41) is 6.44. The zero-order valence-electron chi connectivity index (χ0n) is 27.2. The third-order valence-corrected chi connectivity index (χ3v) is 10.9. The van der Waals surface area contributed by atoms with E-state index in [0.29, 0.717) is 28.6 Å². The molecule has 4 aliphatic heterocycles. The highest BCUT2D eigenvalue weighted by Crippen LogP contribution is 2.45. The number of aromatic nitrogens is 2. The predicted molar refractivity (Wildman–Crippen MR) is 184 cm³/mol. The maximum Gasteiger partial charge on any atom is 0.282 e. The van der Waals surface area contributed by atoms with Crippen molar-refractivity contribution < 1.29 is 19.2 Å². The number of hydrogen-bond donors (Lipinski definition) is 2. The number of likely N-dealkylation sites (tertiary alicyclic amines) is 1. The van der Waals surface area contributed by atoms with Crippen LogP contribution in [0.5, 0.6) is 0 Å². The standard InChI is InChI=1S/C37H35ClN6O5/c1-37(2)23-19-21(9-10-26(23)43-27-8-4-6-24(38)31(27)33(47)41-36(37)43)20-13-16-42(17-14-20)18-15-39-25-7-3-5-22-30(25)35(49)44(34(22)48)28-11-12-29(45)40-32(28)46/h3-10,19-20,28,39H,11-18H2,1-2H3,(H,40,45,46). The van der Waals surface area contributed by atoms with Gasteiger partial charge in [0.15, 0.2) is 0 Å². The van der Waals surface area contributed by atoms with E-state index in [0.717, 1.165) is 60.0 Å². The molecule has 49 heavy (non-hydrogen) atoms. The van der Waals surface area contributed by atoms with Gasteiger partial charge in [0, 0.05) is 25.2 Å². The van der Waals surface area contributed by atoms with Crippen molar-refractivity contribution >= 4 is 51.8 Å². The molecule has 4 aromatic rings. The highest BCUT2D eigenvalue weighted by molar-refractivity contribution is 6.35. The van der Waals surface area contributed by atoms with Gasteiger partial charge in [-0.3, -0.25) is 38.8 Å². The fourth-order valence-corrected chi connectivity index (χ4v) is 8.26. The van der Waals surface area contributed by atoms with Gasteiger partial charge in [0.05, 0.1) is 38.2 Å². The first-order valence-corrected chi connectivity index (χ1v) is 17.1. The van der Waals surface area contributed by atoms with Crippen LogP contribution >= 0.6 is 11.6 Å². The van der Waals surface area contributed by atoms with Gasteiger partial charge in [0.25, 0.3) is 17.4 Å². The molecule has 3 aromatic carbocycles. The van der Waals surface area contributed by atoms with E-state index >= 15 is 0 Å². The molecule has 2 saturated heterocycles. The Bertz CT molecular complexity index is 2170. The van der Waals surface area contributed by atoms with Crippen molar-refractivity contribution in [2.24, 2.45) is 0 Å². The molecule has 1 aromatic heterocycles. The van der Waals surface area contributed by atoms with Crippen molar-refractivity contribution in [1.82, 2.24) is 24.7 Å². The van der Waals surface area contributed by atoms with E-state index in [1.807, 2.05) is 12.1 Å². The van der Waals surface area contributed by atoms with Gasteiger partial charge in [0.2, 0.25) is 11.8 Å². The van der Waals surface area contributed by atoms with Gasteiger partial charge in [-0.1, -0.05) is 35.9 Å². The molecule has 4 amide bonds. The van der Waals surface area contributed by atoms with E-state index in [2.05, 4.69) is 57.1 Å². The monoisotopic (exact) mass is 678 g/mol. The van der Waals surface area contributed by atoms with Crippen LogP contribution in [-0.4, -0.2) is 75.2 Å². The highest BCUT2D eigenvalue weighted by atomic mass is 35.5. The maximum absolute atomic E-state index is 13.4. The van der Waals surface area contributed by atoms with Crippen LogP contribution in [0.4, 0.5) is 5.69 Å². The number of hydrogen-bond acceptors (Lipinski definition) is 8. The van der Waals surface area contributed by atoms with Crippen LogP contribution in [-0.2, 0) is 15.0 Å². The smallest absolute Gasteiger partial charge is 0.282 e. The van der Waals surface area contributed by atoms with Crippen LogP contribution in [0.1, 0.15) is 83.1 Å². The number of amides is 4. The third kappa shape index (κ3) is 4.97. The summed E-state index contributed by atoms with van der Waals surface area (Å²) in [6.45, 7) is 7.41. The second-order valence-corrected chi connectivity index (χ2v) is 14.2. The largest absolute Gasteiger partial charge is 0.383 e. The zero-order chi connectivity index (χ0) is 34.2. The van der Waals surface area contributed by atoms with Gasteiger partial charge < -0.3 is 10.2 Å². The molecule has 2 N–H and O–H groups in total. The summed E-state index contributed by atoms with van der Waals surface area (Å²) >= 11 is 6.43. The molecular formula is C37H35ClN6O5. The second kappa shape index (κ2) is 11.6. The lowest BCUT2D eigenvalue weighted by Gasteiger charge is -2.32. The van der Waals surface area contributed by atoms with Crippen molar-refractivity contribution in [3.8, 4) is 5.69 Å². The predicted octanol–water partition coefficient (Wildman–Crippen LogP) is 4.37. The van der Waals surface area contributed by atoms with Crippen LogP contribution in [0.15, 0.2) is 59.4 Å². The van der Waals surface area contributed by atoms with Crippen LogP contribution in [0.2, 0.25) is 5.02 Å². The normalized spacial score (nSPS) is 20.4. The van der Waals surface area contributed by atoms with Gasteiger partial charge >= 0.3 is 0 Å². The highest BCUT2D eigenvalue weighted by Gasteiger charge is 2.45. The number of rotatable bonds is 6. The van der Waals surface area contributed by atoms with Gasteiger partial charge in [-0.2, -0.15) is 4.98 Å². The Kier molecular flexibility index (Phi) is 7.45. The average molecular weight is 679 g/mol. The lowest BCUT2D eigenvalue weighted by atomic mass is 9.81. The minimum Gasteiger partial charge on any atom is -0.383 e.